The molecule has 29 heavy (non-hydrogen) atoms. The fraction of sp³-hybridized carbons (Fsp3) is 0.318. The highest BCUT2D eigenvalue weighted by Crippen LogP contribution is 2.36. The molecule has 0 aliphatic carbocycles. The number of rotatable bonds is 5. The number of aromatic nitrogens is 1. The number of carbonyl (C=O) groups is 1. The lowest BCUT2D eigenvalue weighted by molar-refractivity contribution is 0.0908. The Labute approximate surface area is 180 Å². The molecule has 0 saturated carbocycles. The van der Waals surface area contributed by atoms with E-state index in [1.54, 1.807) is 6.07 Å². The summed E-state index contributed by atoms with van der Waals surface area (Å²) in [6, 6.07) is 13.6. The first-order valence-corrected chi connectivity index (χ1v) is 10.4. The molecule has 1 unspecified atom stereocenters. The SMILES string of the molecule is CC(C)NC(=O)c1ccc(CN2CCn3cccc3C2c2ccc(Cl)c(Cl)c2)o1. The van der Waals surface area contributed by atoms with E-state index < -0.39 is 0 Å². The normalized spacial score (nSPS) is 16.8. The molecule has 0 radical (unpaired) electrons. The van der Waals surface area contributed by atoms with Gasteiger partial charge in [0.05, 0.1) is 22.6 Å². The largest absolute Gasteiger partial charge is 0.455 e. The highest BCUT2D eigenvalue weighted by atomic mass is 35.5. The van der Waals surface area contributed by atoms with E-state index in [-0.39, 0.29) is 18.0 Å². The van der Waals surface area contributed by atoms with Crippen molar-refractivity contribution in [1.29, 1.82) is 0 Å². The standard InChI is InChI=1S/C22H23Cl2N3O2/c1-14(2)25-22(28)20-8-6-16(29-20)13-27-11-10-26-9-3-4-19(26)21(27)15-5-7-17(23)18(24)12-15/h3-9,12,14,21H,10-11,13H2,1-2H3,(H,25,28). The first-order valence-electron chi connectivity index (χ1n) is 9.66. The number of nitrogens with one attached hydrogen (secondary N) is 1. The third-order valence-corrected chi connectivity index (χ3v) is 5.80. The average Bonchev–Trinajstić information content (AvgIpc) is 3.33. The number of fused-ring (bicyclic) bond motifs is 1. The van der Waals surface area contributed by atoms with E-state index in [0.717, 1.165) is 24.4 Å². The molecule has 0 saturated heterocycles. The Bertz CT molecular complexity index is 1020. The molecular formula is C22H23Cl2N3O2. The van der Waals surface area contributed by atoms with Crippen LogP contribution in [0.2, 0.25) is 10.0 Å². The Hall–Kier alpha value is -2.21. The number of amides is 1. The predicted octanol–water partition coefficient (Wildman–Crippen LogP) is 5.13. The highest BCUT2D eigenvalue weighted by Gasteiger charge is 2.30. The average molecular weight is 432 g/mol. The van der Waals surface area contributed by atoms with E-state index in [1.165, 1.54) is 5.69 Å². The summed E-state index contributed by atoms with van der Waals surface area (Å²) in [5.74, 6) is 0.893. The van der Waals surface area contributed by atoms with Crippen LogP contribution in [0.1, 0.15) is 47.5 Å². The molecule has 7 heteroatoms. The van der Waals surface area contributed by atoms with Gasteiger partial charge in [-0.25, -0.2) is 0 Å². The van der Waals surface area contributed by atoms with Crippen molar-refractivity contribution in [2.45, 2.75) is 39.0 Å². The van der Waals surface area contributed by atoms with Crippen molar-refractivity contribution in [3.8, 4) is 0 Å². The Morgan fingerprint density at radius 1 is 1.17 bits per heavy atom. The number of hydrogen-bond donors (Lipinski definition) is 1. The summed E-state index contributed by atoms with van der Waals surface area (Å²) >= 11 is 12.4. The minimum atomic E-state index is -0.195. The lowest BCUT2D eigenvalue weighted by Gasteiger charge is -2.37. The Morgan fingerprint density at radius 2 is 2.00 bits per heavy atom. The molecule has 1 N–H and O–H groups in total. The van der Waals surface area contributed by atoms with Gasteiger partial charge in [0.2, 0.25) is 0 Å². The maximum absolute atomic E-state index is 12.2. The monoisotopic (exact) mass is 431 g/mol. The number of nitrogens with zero attached hydrogens (tertiary/aromatic N) is 2. The molecule has 0 bridgehead atoms. The summed E-state index contributed by atoms with van der Waals surface area (Å²) in [4.78, 5) is 14.5. The number of carbonyl (C=O) groups excluding carboxylic acids is 1. The second-order valence-corrected chi connectivity index (χ2v) is 8.38. The van der Waals surface area contributed by atoms with Crippen molar-refractivity contribution in [3.63, 3.8) is 0 Å². The summed E-state index contributed by atoms with van der Waals surface area (Å²) < 4.78 is 8.10. The first kappa shape index (κ1) is 20.1. The second-order valence-electron chi connectivity index (χ2n) is 7.57. The summed E-state index contributed by atoms with van der Waals surface area (Å²) in [5.41, 5.74) is 2.27. The van der Waals surface area contributed by atoms with Gasteiger partial charge in [0.15, 0.2) is 5.76 Å². The van der Waals surface area contributed by atoms with Crippen LogP contribution in [-0.4, -0.2) is 28.0 Å². The number of furan rings is 1. The predicted molar refractivity (Wildman–Crippen MR) is 114 cm³/mol. The van der Waals surface area contributed by atoms with E-state index in [1.807, 2.05) is 38.1 Å². The fourth-order valence-electron chi connectivity index (χ4n) is 3.78. The van der Waals surface area contributed by atoms with E-state index in [4.69, 9.17) is 27.6 Å². The topological polar surface area (TPSA) is 50.4 Å². The van der Waals surface area contributed by atoms with Crippen molar-refractivity contribution in [3.05, 3.63) is 81.5 Å². The Balaban J connectivity index is 1.61. The third kappa shape index (κ3) is 4.22. The molecule has 2 aromatic heterocycles. The van der Waals surface area contributed by atoms with Crippen LogP contribution in [0.3, 0.4) is 0 Å². The van der Waals surface area contributed by atoms with E-state index >= 15 is 0 Å². The molecule has 3 heterocycles. The molecule has 3 aromatic rings. The zero-order valence-electron chi connectivity index (χ0n) is 16.4. The number of hydrogen-bond acceptors (Lipinski definition) is 3. The second kappa shape index (κ2) is 8.27. The van der Waals surface area contributed by atoms with Gasteiger partial charge >= 0.3 is 0 Å². The smallest absolute Gasteiger partial charge is 0.287 e. The molecule has 1 amide bonds. The van der Waals surface area contributed by atoms with Gasteiger partial charge in [-0.1, -0.05) is 29.3 Å². The van der Waals surface area contributed by atoms with Crippen LogP contribution >= 0.6 is 23.2 Å². The highest BCUT2D eigenvalue weighted by molar-refractivity contribution is 6.42. The van der Waals surface area contributed by atoms with Crippen molar-refractivity contribution in [1.82, 2.24) is 14.8 Å². The summed E-state index contributed by atoms with van der Waals surface area (Å²) in [6.45, 7) is 6.17. The molecule has 152 valence electrons. The van der Waals surface area contributed by atoms with Crippen molar-refractivity contribution >= 4 is 29.1 Å². The van der Waals surface area contributed by atoms with Gasteiger partial charge < -0.3 is 14.3 Å². The van der Waals surface area contributed by atoms with Crippen LogP contribution < -0.4 is 5.32 Å². The van der Waals surface area contributed by atoms with Gasteiger partial charge in [0.1, 0.15) is 5.76 Å². The van der Waals surface area contributed by atoms with E-state index in [0.29, 0.717) is 22.4 Å². The summed E-state index contributed by atoms with van der Waals surface area (Å²) in [7, 11) is 0. The molecule has 1 aliphatic rings. The van der Waals surface area contributed by atoms with Crippen molar-refractivity contribution in [2.24, 2.45) is 0 Å². The minimum Gasteiger partial charge on any atom is -0.455 e. The van der Waals surface area contributed by atoms with Gasteiger partial charge in [0, 0.05) is 31.0 Å². The van der Waals surface area contributed by atoms with Crippen molar-refractivity contribution < 1.29 is 9.21 Å². The molecule has 1 atom stereocenters. The zero-order valence-corrected chi connectivity index (χ0v) is 17.9. The molecule has 5 nitrogen and oxygen atoms in total. The van der Waals surface area contributed by atoms with Gasteiger partial charge in [-0.3, -0.25) is 9.69 Å². The molecule has 4 rings (SSSR count). The van der Waals surface area contributed by atoms with Gasteiger partial charge in [-0.2, -0.15) is 0 Å². The zero-order chi connectivity index (χ0) is 20.5. The molecule has 1 aromatic carbocycles. The van der Waals surface area contributed by atoms with Gasteiger partial charge in [-0.15, -0.1) is 0 Å². The Kier molecular flexibility index (Phi) is 5.72. The number of halogens is 2. The quantitative estimate of drug-likeness (QED) is 0.608. The third-order valence-electron chi connectivity index (χ3n) is 5.06. The maximum Gasteiger partial charge on any atom is 0.287 e. The van der Waals surface area contributed by atoms with Gasteiger partial charge in [-0.05, 0) is 55.8 Å². The molecule has 1 aliphatic heterocycles. The van der Waals surface area contributed by atoms with Crippen molar-refractivity contribution in [2.75, 3.05) is 6.54 Å². The van der Waals surface area contributed by atoms with Crippen LogP contribution in [0, 0.1) is 0 Å². The molecular weight excluding hydrogens is 409 g/mol. The number of benzene rings is 1. The minimum absolute atomic E-state index is 0.0200. The summed E-state index contributed by atoms with van der Waals surface area (Å²) in [6.07, 6.45) is 2.10. The van der Waals surface area contributed by atoms with Crippen LogP contribution in [0.25, 0.3) is 0 Å². The van der Waals surface area contributed by atoms with Crippen LogP contribution in [0.5, 0.6) is 0 Å². The lowest BCUT2D eigenvalue weighted by Crippen LogP contribution is -2.37. The first-order chi connectivity index (χ1) is 13.9. The van der Waals surface area contributed by atoms with Crippen LogP contribution in [0.4, 0.5) is 0 Å². The summed E-state index contributed by atoms with van der Waals surface area (Å²) in [5, 5.41) is 3.94. The molecule has 0 fully saturated rings. The van der Waals surface area contributed by atoms with Gasteiger partial charge in [0.25, 0.3) is 5.91 Å². The van der Waals surface area contributed by atoms with Crippen LogP contribution in [0.15, 0.2) is 53.1 Å². The lowest BCUT2D eigenvalue weighted by atomic mass is 10.00. The van der Waals surface area contributed by atoms with E-state index in [2.05, 4.69) is 33.1 Å². The fourth-order valence-corrected chi connectivity index (χ4v) is 4.09. The Morgan fingerprint density at radius 3 is 2.76 bits per heavy atom. The molecule has 0 spiro atoms. The van der Waals surface area contributed by atoms with E-state index in [9.17, 15) is 4.79 Å². The maximum atomic E-state index is 12.2. The van der Waals surface area contributed by atoms with Crippen LogP contribution in [-0.2, 0) is 13.1 Å².